The number of nitrogens with one attached hydrogen (secondary N) is 2. The second kappa shape index (κ2) is 6.57. The van der Waals surface area contributed by atoms with Crippen LogP contribution in [0.4, 0.5) is 10.5 Å². The second-order valence-corrected chi connectivity index (χ2v) is 5.40. The highest BCUT2D eigenvalue weighted by molar-refractivity contribution is 5.89. The van der Waals surface area contributed by atoms with Crippen molar-refractivity contribution in [2.45, 2.75) is 26.3 Å². The van der Waals surface area contributed by atoms with E-state index in [-0.39, 0.29) is 6.03 Å². The first-order chi connectivity index (χ1) is 9.16. The molecule has 1 aromatic carbocycles. The van der Waals surface area contributed by atoms with Crippen LogP contribution in [0, 0.1) is 5.92 Å². The lowest BCUT2D eigenvalue weighted by molar-refractivity contribution is 0.206. The number of amides is 2. The van der Waals surface area contributed by atoms with E-state index in [1.54, 1.807) is 0 Å². The Hall–Kier alpha value is -1.55. The van der Waals surface area contributed by atoms with Gasteiger partial charge in [0.25, 0.3) is 0 Å². The largest absolute Gasteiger partial charge is 0.323 e. The minimum absolute atomic E-state index is 0.000509. The van der Waals surface area contributed by atoms with Gasteiger partial charge in [-0.15, -0.1) is 0 Å². The summed E-state index contributed by atoms with van der Waals surface area (Å²) in [6.45, 7) is 6.95. The Labute approximate surface area is 115 Å². The fourth-order valence-electron chi connectivity index (χ4n) is 2.31. The molecule has 0 bridgehead atoms. The van der Waals surface area contributed by atoms with Gasteiger partial charge in [0.1, 0.15) is 0 Å². The Kier molecular flexibility index (Phi) is 4.80. The van der Waals surface area contributed by atoms with Gasteiger partial charge in [-0.2, -0.15) is 0 Å². The molecule has 4 nitrogen and oxygen atoms in total. The first kappa shape index (κ1) is 13.9. The summed E-state index contributed by atoms with van der Waals surface area (Å²) in [7, 11) is 0. The molecule has 0 aromatic heterocycles. The quantitative estimate of drug-likeness (QED) is 0.859. The lowest BCUT2D eigenvalue weighted by Crippen LogP contribution is -2.44. The summed E-state index contributed by atoms with van der Waals surface area (Å²) in [6.07, 6.45) is 1.01. The summed E-state index contributed by atoms with van der Waals surface area (Å²) in [5.74, 6) is 0.533. The molecule has 1 saturated heterocycles. The molecule has 4 heteroatoms. The standard InChI is InChI=1S/C15H23N3O/c1-12(2)14-11-18(10-6-9-16-14)15(19)17-13-7-4-3-5-8-13/h3-5,7-8,12,14,16H,6,9-11H2,1-2H3,(H,17,19). The number of hydrogen-bond acceptors (Lipinski definition) is 2. The molecule has 104 valence electrons. The van der Waals surface area contributed by atoms with E-state index in [1.807, 2.05) is 35.2 Å². The molecule has 0 saturated carbocycles. The zero-order chi connectivity index (χ0) is 13.7. The smallest absolute Gasteiger partial charge is 0.321 e. The van der Waals surface area contributed by atoms with Gasteiger partial charge in [0.15, 0.2) is 0 Å². The van der Waals surface area contributed by atoms with Crippen LogP contribution in [0.1, 0.15) is 20.3 Å². The third kappa shape index (κ3) is 3.96. The van der Waals surface area contributed by atoms with Crippen molar-refractivity contribution in [3.63, 3.8) is 0 Å². The molecular formula is C15H23N3O. The number of benzene rings is 1. The molecule has 2 amide bonds. The topological polar surface area (TPSA) is 44.4 Å². The van der Waals surface area contributed by atoms with Gasteiger partial charge in [-0.05, 0) is 31.0 Å². The van der Waals surface area contributed by atoms with Crippen molar-refractivity contribution in [3.05, 3.63) is 30.3 Å². The number of hydrogen-bond donors (Lipinski definition) is 2. The van der Waals surface area contributed by atoms with Crippen molar-refractivity contribution in [2.24, 2.45) is 5.92 Å². The zero-order valence-corrected chi connectivity index (χ0v) is 11.7. The van der Waals surface area contributed by atoms with Gasteiger partial charge in [-0.25, -0.2) is 4.79 Å². The van der Waals surface area contributed by atoms with Crippen LogP contribution in [-0.4, -0.2) is 36.6 Å². The maximum atomic E-state index is 12.3. The third-order valence-electron chi connectivity index (χ3n) is 3.55. The summed E-state index contributed by atoms with van der Waals surface area (Å²) in [6, 6.07) is 10.00. The number of anilines is 1. The van der Waals surface area contributed by atoms with Gasteiger partial charge in [-0.3, -0.25) is 0 Å². The third-order valence-corrected chi connectivity index (χ3v) is 3.55. The van der Waals surface area contributed by atoms with Crippen LogP contribution in [0.15, 0.2) is 30.3 Å². The molecular weight excluding hydrogens is 238 g/mol. The summed E-state index contributed by atoms with van der Waals surface area (Å²) in [5, 5.41) is 6.47. The van der Waals surface area contributed by atoms with E-state index in [4.69, 9.17) is 0 Å². The highest BCUT2D eigenvalue weighted by Gasteiger charge is 2.23. The van der Waals surface area contributed by atoms with Crippen LogP contribution in [-0.2, 0) is 0 Å². The number of carbonyl (C=O) groups is 1. The Morgan fingerprint density at radius 1 is 1.37 bits per heavy atom. The van der Waals surface area contributed by atoms with E-state index < -0.39 is 0 Å². The average Bonchev–Trinajstić information content (AvgIpc) is 2.65. The molecule has 1 fully saturated rings. The predicted octanol–water partition coefficient (Wildman–Crippen LogP) is 2.54. The molecule has 1 atom stereocenters. The maximum Gasteiger partial charge on any atom is 0.321 e. The number of urea groups is 1. The van der Waals surface area contributed by atoms with Crippen LogP contribution in [0.3, 0.4) is 0 Å². The van der Waals surface area contributed by atoms with Crippen molar-refractivity contribution in [2.75, 3.05) is 25.0 Å². The van der Waals surface area contributed by atoms with E-state index >= 15 is 0 Å². The van der Waals surface area contributed by atoms with Crippen LogP contribution in [0.5, 0.6) is 0 Å². The Morgan fingerprint density at radius 3 is 2.79 bits per heavy atom. The van der Waals surface area contributed by atoms with Crippen molar-refractivity contribution >= 4 is 11.7 Å². The molecule has 1 aromatic rings. The van der Waals surface area contributed by atoms with Crippen LogP contribution < -0.4 is 10.6 Å². The SMILES string of the molecule is CC(C)C1CN(C(=O)Nc2ccccc2)CCCN1. The molecule has 0 radical (unpaired) electrons. The second-order valence-electron chi connectivity index (χ2n) is 5.40. The van der Waals surface area contributed by atoms with Gasteiger partial charge in [0.2, 0.25) is 0 Å². The number of rotatable bonds is 2. The highest BCUT2D eigenvalue weighted by Crippen LogP contribution is 2.11. The van der Waals surface area contributed by atoms with E-state index in [1.165, 1.54) is 0 Å². The first-order valence-corrected chi connectivity index (χ1v) is 7.01. The molecule has 1 aliphatic rings. The molecule has 0 spiro atoms. The molecule has 1 aliphatic heterocycles. The lowest BCUT2D eigenvalue weighted by atomic mass is 10.0. The van der Waals surface area contributed by atoms with Crippen molar-refractivity contribution < 1.29 is 4.79 Å². The Bertz CT molecular complexity index is 405. The number of nitrogens with zero attached hydrogens (tertiary/aromatic N) is 1. The lowest BCUT2D eigenvalue weighted by Gasteiger charge is -2.27. The zero-order valence-electron chi connectivity index (χ0n) is 11.7. The fraction of sp³-hybridized carbons (Fsp3) is 0.533. The monoisotopic (exact) mass is 261 g/mol. The Balaban J connectivity index is 1.97. The minimum atomic E-state index is 0.000509. The average molecular weight is 261 g/mol. The van der Waals surface area contributed by atoms with Gasteiger partial charge in [0.05, 0.1) is 0 Å². The van der Waals surface area contributed by atoms with Crippen LogP contribution in [0.25, 0.3) is 0 Å². The Morgan fingerprint density at radius 2 is 2.11 bits per heavy atom. The molecule has 19 heavy (non-hydrogen) atoms. The van der Waals surface area contributed by atoms with Crippen molar-refractivity contribution in [3.8, 4) is 0 Å². The van der Waals surface area contributed by atoms with E-state index in [0.717, 1.165) is 31.7 Å². The van der Waals surface area contributed by atoms with Gasteiger partial charge >= 0.3 is 6.03 Å². The molecule has 1 heterocycles. The minimum Gasteiger partial charge on any atom is -0.323 e. The summed E-state index contributed by atoms with van der Waals surface area (Å²) < 4.78 is 0. The fourth-order valence-corrected chi connectivity index (χ4v) is 2.31. The maximum absolute atomic E-state index is 12.3. The van der Waals surface area contributed by atoms with Gasteiger partial charge < -0.3 is 15.5 Å². The number of carbonyl (C=O) groups excluding carboxylic acids is 1. The van der Waals surface area contributed by atoms with Crippen LogP contribution in [0.2, 0.25) is 0 Å². The van der Waals surface area contributed by atoms with Crippen LogP contribution >= 0.6 is 0 Å². The summed E-state index contributed by atoms with van der Waals surface area (Å²) in [4.78, 5) is 14.2. The van der Waals surface area contributed by atoms with E-state index in [9.17, 15) is 4.79 Å². The normalized spacial score (nSPS) is 20.2. The molecule has 2 rings (SSSR count). The molecule has 2 N–H and O–H groups in total. The first-order valence-electron chi connectivity index (χ1n) is 7.01. The van der Waals surface area contributed by atoms with Crippen molar-refractivity contribution in [1.82, 2.24) is 10.2 Å². The van der Waals surface area contributed by atoms with Gasteiger partial charge in [0, 0.05) is 24.8 Å². The predicted molar refractivity (Wildman–Crippen MR) is 78.3 cm³/mol. The molecule has 1 unspecified atom stereocenters. The summed E-state index contributed by atoms with van der Waals surface area (Å²) >= 11 is 0. The molecule has 0 aliphatic carbocycles. The van der Waals surface area contributed by atoms with E-state index in [0.29, 0.717) is 12.0 Å². The number of para-hydroxylation sites is 1. The summed E-state index contributed by atoms with van der Waals surface area (Å²) in [5.41, 5.74) is 0.853. The van der Waals surface area contributed by atoms with E-state index in [2.05, 4.69) is 24.5 Å². The van der Waals surface area contributed by atoms with Crippen molar-refractivity contribution in [1.29, 1.82) is 0 Å². The van der Waals surface area contributed by atoms with Gasteiger partial charge in [-0.1, -0.05) is 32.0 Å². The highest BCUT2D eigenvalue weighted by atomic mass is 16.2.